The van der Waals surface area contributed by atoms with E-state index in [4.69, 9.17) is 20.4 Å². The Morgan fingerprint density at radius 3 is 1.31 bits per heavy atom. The summed E-state index contributed by atoms with van der Waals surface area (Å²) in [4.78, 5) is 0. The highest BCUT2D eigenvalue weighted by molar-refractivity contribution is 4.50. The van der Waals surface area contributed by atoms with Crippen molar-refractivity contribution in [3.8, 4) is 0 Å². The van der Waals surface area contributed by atoms with E-state index in [2.05, 4.69) is 0 Å². The molecule has 13 heavy (non-hydrogen) atoms. The zero-order valence-corrected chi connectivity index (χ0v) is 8.32. The van der Waals surface area contributed by atoms with Crippen LogP contribution in [-0.2, 0) is 0 Å². The average Bonchev–Trinajstić information content (AvgIpc) is 2.90. The molecular formula is C9H22O4. The van der Waals surface area contributed by atoms with Crippen LogP contribution in [0.1, 0.15) is 32.6 Å². The Bertz CT molecular complexity index is 69.3. The highest BCUT2D eigenvalue weighted by atomic mass is 16.3. The van der Waals surface area contributed by atoms with E-state index in [9.17, 15) is 0 Å². The molecule has 0 saturated heterocycles. The van der Waals surface area contributed by atoms with Crippen LogP contribution in [0.2, 0.25) is 0 Å². The molecule has 0 radical (unpaired) electrons. The quantitative estimate of drug-likeness (QED) is 0.505. The Balaban J connectivity index is 0. The van der Waals surface area contributed by atoms with Gasteiger partial charge < -0.3 is 20.4 Å². The van der Waals surface area contributed by atoms with Gasteiger partial charge in [0.15, 0.2) is 0 Å². The van der Waals surface area contributed by atoms with E-state index in [-0.39, 0.29) is 25.9 Å². The van der Waals surface area contributed by atoms with Gasteiger partial charge in [0.05, 0.1) is 19.3 Å². The van der Waals surface area contributed by atoms with Crippen molar-refractivity contribution in [1.29, 1.82) is 0 Å². The van der Waals surface area contributed by atoms with Gasteiger partial charge in [0.1, 0.15) is 0 Å². The number of rotatable bonds is 3. The molecule has 1 fully saturated rings. The van der Waals surface area contributed by atoms with E-state index in [0.717, 1.165) is 0 Å². The summed E-state index contributed by atoms with van der Waals surface area (Å²) in [7, 11) is 0. The van der Waals surface area contributed by atoms with E-state index < -0.39 is 0 Å². The van der Waals surface area contributed by atoms with Crippen molar-refractivity contribution in [3.05, 3.63) is 0 Å². The van der Waals surface area contributed by atoms with Crippen molar-refractivity contribution < 1.29 is 20.4 Å². The van der Waals surface area contributed by atoms with Crippen LogP contribution in [0.5, 0.6) is 0 Å². The fraction of sp³-hybridized carbons (Fsp3) is 1.00. The van der Waals surface area contributed by atoms with E-state index >= 15 is 0 Å². The molecule has 0 aromatic heterocycles. The molecule has 82 valence electrons. The Kier molecular flexibility index (Phi) is 16.9. The van der Waals surface area contributed by atoms with Crippen LogP contribution in [0.3, 0.4) is 0 Å². The Morgan fingerprint density at radius 2 is 1.31 bits per heavy atom. The molecule has 0 heterocycles. The van der Waals surface area contributed by atoms with Gasteiger partial charge in [-0.25, -0.2) is 0 Å². The Hall–Kier alpha value is -0.160. The summed E-state index contributed by atoms with van der Waals surface area (Å²) in [6.45, 7) is 1.48. The molecule has 4 N–H and O–H groups in total. The van der Waals surface area contributed by atoms with Gasteiger partial charge >= 0.3 is 0 Å². The van der Waals surface area contributed by atoms with E-state index in [1.807, 2.05) is 0 Å². The van der Waals surface area contributed by atoms with Gasteiger partial charge in [-0.3, -0.25) is 0 Å². The number of hydrogen-bond acceptors (Lipinski definition) is 4. The fourth-order valence-corrected chi connectivity index (χ4v) is 0.187. The zero-order chi connectivity index (χ0) is 10.5. The largest absolute Gasteiger partial charge is 0.396 e. The molecule has 0 aliphatic heterocycles. The highest BCUT2D eigenvalue weighted by Crippen LogP contribution is 2.14. The second kappa shape index (κ2) is 14.4. The smallest absolute Gasteiger partial charge is 0.0662 e. The van der Waals surface area contributed by atoms with Gasteiger partial charge in [-0.05, 0) is 13.3 Å². The predicted octanol–water partition coefficient (Wildman–Crippen LogP) is -0.109. The summed E-state index contributed by atoms with van der Waals surface area (Å²) >= 11 is 0. The lowest BCUT2D eigenvalue weighted by Crippen LogP contribution is -2.00. The minimum absolute atomic E-state index is 0.0810. The molecule has 1 aliphatic carbocycles. The molecule has 1 rings (SSSR count). The van der Waals surface area contributed by atoms with E-state index in [1.54, 1.807) is 6.92 Å². The number of hydrogen-bond donors (Lipinski definition) is 4. The van der Waals surface area contributed by atoms with Crippen molar-refractivity contribution in [2.75, 3.05) is 19.8 Å². The zero-order valence-electron chi connectivity index (χ0n) is 8.32. The number of aliphatic hydroxyl groups excluding tert-OH is 4. The van der Waals surface area contributed by atoms with Crippen LogP contribution < -0.4 is 0 Å². The lowest BCUT2D eigenvalue weighted by Gasteiger charge is -1.95. The monoisotopic (exact) mass is 194 g/mol. The first-order chi connectivity index (χ1) is 6.18. The van der Waals surface area contributed by atoms with Gasteiger partial charge in [0.25, 0.3) is 0 Å². The predicted molar refractivity (Wildman–Crippen MR) is 51.4 cm³/mol. The Morgan fingerprint density at radius 1 is 0.923 bits per heavy atom. The van der Waals surface area contributed by atoms with Crippen molar-refractivity contribution >= 4 is 0 Å². The van der Waals surface area contributed by atoms with Gasteiger partial charge in [0.2, 0.25) is 0 Å². The SMILES string of the molecule is C1CC1.CC(O)CCO.OCCO. The van der Waals surface area contributed by atoms with Gasteiger partial charge in [-0.2, -0.15) is 0 Å². The summed E-state index contributed by atoms with van der Waals surface area (Å²) in [6, 6.07) is 0. The maximum Gasteiger partial charge on any atom is 0.0662 e. The van der Waals surface area contributed by atoms with Crippen LogP contribution in [-0.4, -0.2) is 46.4 Å². The summed E-state index contributed by atoms with van der Waals surface area (Å²) < 4.78 is 0. The van der Waals surface area contributed by atoms with E-state index in [1.165, 1.54) is 19.3 Å². The molecule has 0 aromatic carbocycles. The van der Waals surface area contributed by atoms with Crippen molar-refractivity contribution in [1.82, 2.24) is 0 Å². The minimum Gasteiger partial charge on any atom is -0.396 e. The lowest BCUT2D eigenvalue weighted by molar-refractivity contribution is 0.148. The third kappa shape index (κ3) is 48.9. The molecule has 0 bridgehead atoms. The molecule has 4 heteroatoms. The summed E-state index contributed by atoms with van der Waals surface area (Å²) in [5.41, 5.74) is 0. The molecular weight excluding hydrogens is 172 g/mol. The van der Waals surface area contributed by atoms with Crippen molar-refractivity contribution in [2.24, 2.45) is 0 Å². The average molecular weight is 194 g/mol. The molecule has 0 amide bonds. The molecule has 1 saturated carbocycles. The first-order valence-electron chi connectivity index (χ1n) is 4.69. The number of aliphatic hydroxyl groups is 4. The third-order valence-electron chi connectivity index (χ3n) is 1.00. The van der Waals surface area contributed by atoms with Gasteiger partial charge in [-0.15, -0.1) is 0 Å². The lowest BCUT2D eigenvalue weighted by atomic mass is 10.3. The van der Waals surface area contributed by atoms with Crippen LogP contribution in [0.15, 0.2) is 0 Å². The second-order valence-corrected chi connectivity index (χ2v) is 2.87. The molecule has 0 spiro atoms. The maximum atomic E-state index is 8.39. The van der Waals surface area contributed by atoms with Crippen LogP contribution >= 0.6 is 0 Å². The van der Waals surface area contributed by atoms with Crippen LogP contribution in [0.25, 0.3) is 0 Å². The van der Waals surface area contributed by atoms with Crippen LogP contribution in [0, 0.1) is 0 Å². The fourth-order valence-electron chi connectivity index (χ4n) is 0.187. The standard InChI is InChI=1S/C4H10O2.C3H6.C2H6O2/c1-4(6)2-3-5;1-2-3-1;3-1-2-4/h4-6H,2-3H2,1H3;1-3H2;3-4H,1-2H2. The highest BCUT2D eigenvalue weighted by Gasteiger charge is 1.95. The van der Waals surface area contributed by atoms with Crippen molar-refractivity contribution in [3.63, 3.8) is 0 Å². The molecule has 0 aromatic rings. The Labute approximate surface area is 79.8 Å². The summed E-state index contributed by atoms with van der Waals surface area (Å²) in [6.07, 6.45) is 4.63. The van der Waals surface area contributed by atoms with Gasteiger partial charge in [-0.1, -0.05) is 19.3 Å². The molecule has 1 aliphatic rings. The summed E-state index contributed by atoms with van der Waals surface area (Å²) in [5.74, 6) is 0. The molecule has 1 unspecified atom stereocenters. The van der Waals surface area contributed by atoms with Crippen LogP contribution in [0.4, 0.5) is 0 Å². The normalized spacial score (nSPS) is 14.5. The summed E-state index contributed by atoms with van der Waals surface area (Å²) in [5, 5.41) is 31.7. The van der Waals surface area contributed by atoms with Gasteiger partial charge in [0, 0.05) is 6.61 Å². The second-order valence-electron chi connectivity index (χ2n) is 2.87. The molecule has 1 atom stereocenters. The molecule has 4 nitrogen and oxygen atoms in total. The third-order valence-corrected chi connectivity index (χ3v) is 1.00. The van der Waals surface area contributed by atoms with E-state index in [0.29, 0.717) is 6.42 Å². The topological polar surface area (TPSA) is 80.9 Å². The minimum atomic E-state index is -0.352. The first-order valence-corrected chi connectivity index (χ1v) is 4.69. The van der Waals surface area contributed by atoms with Crippen molar-refractivity contribution in [2.45, 2.75) is 38.7 Å². The first kappa shape index (κ1) is 15.3. The maximum absolute atomic E-state index is 8.39.